The summed E-state index contributed by atoms with van der Waals surface area (Å²) in [6, 6.07) is 1.79. The molecule has 0 aliphatic rings. The van der Waals surface area contributed by atoms with Crippen LogP contribution in [0.25, 0.3) is 22.3 Å². The molecule has 7 heteroatoms. The number of fused-ring (bicyclic) bond motifs is 1. The number of aliphatic hydroxyl groups is 1. The van der Waals surface area contributed by atoms with E-state index in [9.17, 15) is 5.11 Å². The van der Waals surface area contributed by atoms with E-state index >= 15 is 0 Å². The number of hydrogen-bond donors (Lipinski definition) is 1. The van der Waals surface area contributed by atoms with Crippen molar-refractivity contribution in [3.05, 3.63) is 29.0 Å². The third-order valence-electron chi connectivity index (χ3n) is 3.08. The van der Waals surface area contributed by atoms with Crippen LogP contribution in [0.3, 0.4) is 0 Å². The smallest absolute Gasteiger partial charge is 0.145 e. The van der Waals surface area contributed by atoms with E-state index < -0.39 is 0 Å². The molecule has 3 aromatic heterocycles. The Morgan fingerprint density at radius 2 is 2.21 bits per heavy atom. The normalized spacial score (nSPS) is 11.4. The molecule has 0 radical (unpaired) electrons. The SMILES string of the molecule is Cc1cc(-c2c(CO)n(C)c3ncnc(Cl)c23)no1. The van der Waals surface area contributed by atoms with Gasteiger partial charge in [-0.1, -0.05) is 16.8 Å². The maximum absolute atomic E-state index is 9.59. The maximum Gasteiger partial charge on any atom is 0.145 e. The van der Waals surface area contributed by atoms with Crippen LogP contribution in [0.1, 0.15) is 11.5 Å². The number of aromatic nitrogens is 4. The summed E-state index contributed by atoms with van der Waals surface area (Å²) >= 11 is 6.16. The number of nitrogens with zero attached hydrogens (tertiary/aromatic N) is 4. The quantitative estimate of drug-likeness (QED) is 0.726. The van der Waals surface area contributed by atoms with Crippen molar-refractivity contribution >= 4 is 22.6 Å². The van der Waals surface area contributed by atoms with Gasteiger partial charge in [-0.25, -0.2) is 9.97 Å². The van der Waals surface area contributed by atoms with Crippen LogP contribution in [0.4, 0.5) is 0 Å². The van der Waals surface area contributed by atoms with Crippen molar-refractivity contribution in [1.29, 1.82) is 0 Å². The van der Waals surface area contributed by atoms with Crippen LogP contribution in [0, 0.1) is 6.92 Å². The van der Waals surface area contributed by atoms with Crippen molar-refractivity contribution in [2.24, 2.45) is 7.05 Å². The van der Waals surface area contributed by atoms with E-state index in [1.807, 2.05) is 7.05 Å². The lowest BCUT2D eigenvalue weighted by atomic mass is 10.1. The Labute approximate surface area is 113 Å². The van der Waals surface area contributed by atoms with E-state index in [2.05, 4.69) is 15.1 Å². The first kappa shape index (κ1) is 12.1. The topological polar surface area (TPSA) is 77.0 Å². The fourth-order valence-electron chi connectivity index (χ4n) is 2.21. The predicted octanol–water partition coefficient (Wildman–Crippen LogP) is 2.08. The van der Waals surface area contributed by atoms with E-state index in [0.717, 1.165) is 0 Å². The molecule has 0 saturated heterocycles. The molecule has 98 valence electrons. The third kappa shape index (κ3) is 1.72. The Hall–Kier alpha value is -1.92. The summed E-state index contributed by atoms with van der Waals surface area (Å²) in [5, 5.41) is 14.6. The zero-order chi connectivity index (χ0) is 13.6. The minimum Gasteiger partial charge on any atom is -0.390 e. The lowest BCUT2D eigenvalue weighted by Gasteiger charge is -2.00. The Morgan fingerprint density at radius 3 is 2.84 bits per heavy atom. The van der Waals surface area contributed by atoms with Gasteiger partial charge in [0, 0.05) is 18.7 Å². The lowest BCUT2D eigenvalue weighted by Crippen LogP contribution is -1.97. The van der Waals surface area contributed by atoms with Gasteiger partial charge in [0.2, 0.25) is 0 Å². The number of halogens is 1. The molecular weight excluding hydrogens is 268 g/mol. The number of hydrogen-bond acceptors (Lipinski definition) is 5. The van der Waals surface area contributed by atoms with Gasteiger partial charge in [0.05, 0.1) is 17.7 Å². The minimum absolute atomic E-state index is 0.148. The second-order valence-electron chi connectivity index (χ2n) is 4.22. The highest BCUT2D eigenvalue weighted by atomic mass is 35.5. The van der Waals surface area contributed by atoms with Crippen molar-refractivity contribution in [3.8, 4) is 11.3 Å². The first-order chi connectivity index (χ1) is 9.13. The molecule has 0 aliphatic heterocycles. The fraction of sp³-hybridized carbons (Fsp3) is 0.250. The van der Waals surface area contributed by atoms with E-state index in [-0.39, 0.29) is 6.61 Å². The van der Waals surface area contributed by atoms with Gasteiger partial charge in [0.1, 0.15) is 28.6 Å². The average Bonchev–Trinajstić information content (AvgIpc) is 2.93. The second-order valence-corrected chi connectivity index (χ2v) is 4.58. The van der Waals surface area contributed by atoms with Crippen molar-refractivity contribution in [2.45, 2.75) is 13.5 Å². The summed E-state index contributed by atoms with van der Waals surface area (Å²) in [5.74, 6) is 0.684. The van der Waals surface area contributed by atoms with E-state index in [1.165, 1.54) is 6.33 Å². The minimum atomic E-state index is -0.148. The molecule has 0 aromatic carbocycles. The molecule has 0 bridgehead atoms. The van der Waals surface area contributed by atoms with E-state index in [1.54, 1.807) is 17.6 Å². The largest absolute Gasteiger partial charge is 0.390 e. The zero-order valence-corrected chi connectivity index (χ0v) is 11.1. The van der Waals surface area contributed by atoms with Crippen molar-refractivity contribution < 1.29 is 9.63 Å². The van der Waals surface area contributed by atoms with Gasteiger partial charge >= 0.3 is 0 Å². The third-order valence-corrected chi connectivity index (χ3v) is 3.36. The Balaban J connectivity index is 2.45. The molecule has 0 fully saturated rings. The van der Waals surface area contributed by atoms with E-state index in [4.69, 9.17) is 16.1 Å². The summed E-state index contributed by atoms with van der Waals surface area (Å²) < 4.78 is 6.87. The highest BCUT2D eigenvalue weighted by Crippen LogP contribution is 2.36. The molecule has 3 rings (SSSR count). The molecule has 1 N–H and O–H groups in total. The van der Waals surface area contributed by atoms with Crippen molar-refractivity contribution in [3.63, 3.8) is 0 Å². The van der Waals surface area contributed by atoms with Gasteiger partial charge in [-0.3, -0.25) is 0 Å². The Morgan fingerprint density at radius 1 is 1.42 bits per heavy atom. The first-order valence-electron chi connectivity index (χ1n) is 5.65. The van der Waals surface area contributed by atoms with Crippen LogP contribution >= 0.6 is 11.6 Å². The molecule has 19 heavy (non-hydrogen) atoms. The molecule has 0 atom stereocenters. The number of aliphatic hydroxyl groups excluding tert-OH is 1. The molecule has 3 heterocycles. The molecule has 0 aliphatic carbocycles. The van der Waals surface area contributed by atoms with Crippen LogP contribution < -0.4 is 0 Å². The van der Waals surface area contributed by atoms with Gasteiger partial charge in [-0.2, -0.15) is 0 Å². The van der Waals surface area contributed by atoms with Gasteiger partial charge in [-0.15, -0.1) is 0 Å². The molecule has 0 saturated carbocycles. The van der Waals surface area contributed by atoms with Crippen LogP contribution in [-0.4, -0.2) is 24.8 Å². The maximum atomic E-state index is 9.59. The van der Waals surface area contributed by atoms with Crippen molar-refractivity contribution in [1.82, 2.24) is 19.7 Å². The van der Waals surface area contributed by atoms with Crippen molar-refractivity contribution in [2.75, 3.05) is 0 Å². The Kier molecular flexibility index (Phi) is 2.76. The second kappa shape index (κ2) is 4.32. The molecule has 3 aromatic rings. The highest BCUT2D eigenvalue weighted by molar-refractivity contribution is 6.35. The lowest BCUT2D eigenvalue weighted by molar-refractivity contribution is 0.273. The number of rotatable bonds is 2. The average molecular weight is 279 g/mol. The molecule has 0 unspecified atom stereocenters. The molecule has 0 spiro atoms. The first-order valence-corrected chi connectivity index (χ1v) is 6.03. The highest BCUT2D eigenvalue weighted by Gasteiger charge is 2.22. The molecular formula is C12H11ClN4O2. The van der Waals surface area contributed by atoms with Gasteiger partial charge in [0.25, 0.3) is 0 Å². The van der Waals surface area contributed by atoms with Gasteiger partial charge in [-0.05, 0) is 6.92 Å². The van der Waals surface area contributed by atoms with Crippen LogP contribution in [0.15, 0.2) is 16.9 Å². The summed E-state index contributed by atoms with van der Waals surface area (Å²) in [6.45, 7) is 1.66. The summed E-state index contributed by atoms with van der Waals surface area (Å²) in [7, 11) is 1.81. The summed E-state index contributed by atoms with van der Waals surface area (Å²) in [4.78, 5) is 8.19. The van der Waals surface area contributed by atoms with Gasteiger partial charge in [0.15, 0.2) is 0 Å². The standard InChI is InChI=1S/C12H11ClN4O2/c1-6-3-7(16-19-6)9-8(4-18)17(2)12-10(9)11(13)14-5-15-12/h3,5,18H,4H2,1-2H3. The summed E-state index contributed by atoms with van der Waals surface area (Å²) in [5.41, 5.74) is 2.65. The molecule has 6 nitrogen and oxygen atoms in total. The molecule has 0 amide bonds. The van der Waals surface area contributed by atoms with Crippen LogP contribution in [0.5, 0.6) is 0 Å². The Bertz CT molecular complexity index is 763. The summed E-state index contributed by atoms with van der Waals surface area (Å²) in [6.07, 6.45) is 1.39. The van der Waals surface area contributed by atoms with Crippen LogP contribution in [0.2, 0.25) is 5.15 Å². The fourth-order valence-corrected chi connectivity index (χ4v) is 2.43. The number of aryl methyl sites for hydroxylation is 2. The van der Waals surface area contributed by atoms with Gasteiger partial charge < -0.3 is 14.2 Å². The van der Waals surface area contributed by atoms with E-state index in [0.29, 0.717) is 38.9 Å². The predicted molar refractivity (Wildman–Crippen MR) is 69.7 cm³/mol. The van der Waals surface area contributed by atoms with Crippen LogP contribution in [-0.2, 0) is 13.7 Å². The monoisotopic (exact) mass is 278 g/mol. The zero-order valence-electron chi connectivity index (χ0n) is 10.4.